The lowest BCUT2D eigenvalue weighted by molar-refractivity contribution is -0.137. The maximum atomic E-state index is 12.6. The van der Waals surface area contributed by atoms with E-state index in [1.54, 1.807) is 12.1 Å². The Morgan fingerprint density at radius 3 is 2.30 bits per heavy atom. The minimum atomic E-state index is -4.43. The third-order valence-electron chi connectivity index (χ3n) is 3.19. The highest BCUT2D eigenvalue weighted by Crippen LogP contribution is 2.29. The molecule has 2 aromatic carbocycles. The van der Waals surface area contributed by atoms with E-state index in [1.807, 2.05) is 6.92 Å². The highest BCUT2D eigenvalue weighted by atomic mass is 32.2. The predicted molar refractivity (Wildman–Crippen MR) is 79.5 cm³/mol. The lowest BCUT2D eigenvalue weighted by atomic mass is 10.1. The van der Waals surface area contributed by atoms with Gasteiger partial charge in [0.25, 0.3) is 10.1 Å². The van der Waals surface area contributed by atoms with Gasteiger partial charge in [0.15, 0.2) is 0 Å². The summed E-state index contributed by atoms with van der Waals surface area (Å²) >= 11 is 0. The van der Waals surface area contributed by atoms with E-state index in [9.17, 15) is 21.6 Å². The Morgan fingerprint density at radius 2 is 1.70 bits per heavy atom. The summed E-state index contributed by atoms with van der Waals surface area (Å²) in [5, 5.41) is 0. The van der Waals surface area contributed by atoms with E-state index in [-0.39, 0.29) is 17.9 Å². The van der Waals surface area contributed by atoms with Crippen LogP contribution in [0.25, 0.3) is 0 Å². The molecule has 7 heteroatoms. The average Bonchev–Trinajstić information content (AvgIpc) is 2.47. The summed E-state index contributed by atoms with van der Waals surface area (Å²) in [6.07, 6.45) is -4.36. The fraction of sp³-hybridized carbons (Fsp3) is 0.250. The van der Waals surface area contributed by atoms with Crippen LogP contribution in [0.3, 0.4) is 0 Å². The molecule has 0 atom stereocenters. The summed E-state index contributed by atoms with van der Waals surface area (Å²) in [6, 6.07) is 10.9. The molecular formula is C16H15F3O3S. The second-order valence-corrected chi connectivity index (χ2v) is 6.65. The monoisotopic (exact) mass is 344 g/mol. The molecule has 0 fully saturated rings. The van der Waals surface area contributed by atoms with Crippen LogP contribution in [0.15, 0.2) is 53.4 Å². The zero-order valence-electron chi connectivity index (χ0n) is 12.3. The second-order valence-electron chi connectivity index (χ2n) is 5.04. The first-order valence-corrected chi connectivity index (χ1v) is 8.21. The van der Waals surface area contributed by atoms with E-state index in [0.717, 1.165) is 17.7 Å². The number of alkyl halides is 3. The van der Waals surface area contributed by atoms with Crippen LogP contribution in [-0.4, -0.2) is 15.0 Å². The first-order chi connectivity index (χ1) is 10.7. The fourth-order valence-electron chi connectivity index (χ4n) is 1.95. The maximum absolute atomic E-state index is 12.6. The van der Waals surface area contributed by atoms with Crippen LogP contribution in [0, 0.1) is 6.92 Å². The van der Waals surface area contributed by atoms with Gasteiger partial charge in [-0.1, -0.05) is 35.9 Å². The highest BCUT2D eigenvalue weighted by Gasteiger charge is 2.30. The van der Waals surface area contributed by atoms with Crippen molar-refractivity contribution < 1.29 is 25.8 Å². The number of benzene rings is 2. The lowest BCUT2D eigenvalue weighted by Gasteiger charge is -2.09. The number of aryl methyl sites for hydroxylation is 1. The molecule has 0 amide bonds. The predicted octanol–water partition coefficient (Wildman–Crippen LogP) is 3.96. The summed E-state index contributed by atoms with van der Waals surface area (Å²) in [7, 11) is -3.91. The molecule has 0 aliphatic heterocycles. The van der Waals surface area contributed by atoms with Crippen LogP contribution in [-0.2, 0) is 26.9 Å². The molecule has 2 aromatic rings. The Labute approximate surface area is 132 Å². The van der Waals surface area contributed by atoms with Gasteiger partial charge in [-0.25, -0.2) is 0 Å². The molecule has 0 spiro atoms. The van der Waals surface area contributed by atoms with Crippen molar-refractivity contribution in [2.45, 2.75) is 24.4 Å². The van der Waals surface area contributed by atoms with Crippen LogP contribution in [0.2, 0.25) is 0 Å². The zero-order chi connectivity index (χ0) is 17.1. The van der Waals surface area contributed by atoms with E-state index in [2.05, 4.69) is 0 Å². The molecule has 124 valence electrons. The van der Waals surface area contributed by atoms with E-state index < -0.39 is 21.9 Å². The van der Waals surface area contributed by atoms with Gasteiger partial charge in [-0.05, 0) is 37.1 Å². The van der Waals surface area contributed by atoms with Crippen molar-refractivity contribution in [2.75, 3.05) is 6.61 Å². The summed E-state index contributed by atoms with van der Waals surface area (Å²) < 4.78 is 66.6. The van der Waals surface area contributed by atoms with E-state index >= 15 is 0 Å². The Bertz CT molecular complexity index is 766. The van der Waals surface area contributed by atoms with E-state index in [0.29, 0.717) is 5.56 Å². The molecule has 0 N–H and O–H groups in total. The van der Waals surface area contributed by atoms with Gasteiger partial charge in [0.05, 0.1) is 17.1 Å². The molecule has 0 aromatic heterocycles. The Morgan fingerprint density at radius 1 is 1.04 bits per heavy atom. The number of hydrogen-bond acceptors (Lipinski definition) is 3. The molecule has 0 heterocycles. The molecule has 2 rings (SSSR count). The summed E-state index contributed by atoms with van der Waals surface area (Å²) in [5.41, 5.74) is 0.503. The lowest BCUT2D eigenvalue weighted by Crippen LogP contribution is -2.10. The van der Waals surface area contributed by atoms with Crippen molar-refractivity contribution in [1.29, 1.82) is 0 Å². The van der Waals surface area contributed by atoms with Crippen molar-refractivity contribution in [3.63, 3.8) is 0 Å². The second kappa shape index (κ2) is 6.72. The Balaban J connectivity index is 2.01. The number of rotatable bonds is 5. The summed E-state index contributed by atoms with van der Waals surface area (Å²) in [5.74, 6) is 0. The van der Waals surface area contributed by atoms with Crippen molar-refractivity contribution in [3.8, 4) is 0 Å². The minimum absolute atomic E-state index is 0.0205. The van der Waals surface area contributed by atoms with Crippen LogP contribution < -0.4 is 0 Å². The zero-order valence-corrected chi connectivity index (χ0v) is 13.1. The maximum Gasteiger partial charge on any atom is 0.416 e. The molecule has 0 aliphatic carbocycles. The normalized spacial score (nSPS) is 12.3. The third kappa shape index (κ3) is 4.80. The van der Waals surface area contributed by atoms with Crippen molar-refractivity contribution in [3.05, 3.63) is 65.2 Å². The quantitative estimate of drug-likeness (QED) is 0.771. The molecule has 0 unspecified atom stereocenters. The van der Waals surface area contributed by atoms with Crippen molar-refractivity contribution >= 4 is 10.1 Å². The van der Waals surface area contributed by atoms with Gasteiger partial charge in [-0.15, -0.1) is 0 Å². The van der Waals surface area contributed by atoms with Gasteiger partial charge in [-0.3, -0.25) is 4.18 Å². The molecule has 0 saturated carbocycles. The van der Waals surface area contributed by atoms with Gasteiger partial charge in [0, 0.05) is 0 Å². The smallest absolute Gasteiger partial charge is 0.266 e. The van der Waals surface area contributed by atoms with Crippen LogP contribution >= 0.6 is 0 Å². The van der Waals surface area contributed by atoms with Gasteiger partial charge in [-0.2, -0.15) is 21.6 Å². The topological polar surface area (TPSA) is 43.4 Å². The largest absolute Gasteiger partial charge is 0.416 e. The van der Waals surface area contributed by atoms with Crippen molar-refractivity contribution in [1.82, 2.24) is 0 Å². The molecule has 23 heavy (non-hydrogen) atoms. The summed E-state index contributed by atoms with van der Waals surface area (Å²) in [4.78, 5) is 0.0205. The number of halogens is 3. The molecule has 0 saturated heterocycles. The Hall–Kier alpha value is -1.86. The standard InChI is InChI=1S/C16H15F3O3S/c1-12-5-7-15(8-6-12)23(20,21)22-10-9-13-3-2-4-14(11-13)16(17,18)19/h2-8,11H,9-10H2,1H3. The molecule has 0 aliphatic rings. The van der Waals surface area contributed by atoms with Gasteiger partial charge in [0.1, 0.15) is 0 Å². The first-order valence-electron chi connectivity index (χ1n) is 6.81. The van der Waals surface area contributed by atoms with Gasteiger partial charge < -0.3 is 0 Å². The molecule has 3 nitrogen and oxygen atoms in total. The average molecular weight is 344 g/mol. The van der Waals surface area contributed by atoms with E-state index in [1.165, 1.54) is 24.3 Å². The van der Waals surface area contributed by atoms with E-state index in [4.69, 9.17) is 4.18 Å². The van der Waals surface area contributed by atoms with Gasteiger partial charge >= 0.3 is 6.18 Å². The highest BCUT2D eigenvalue weighted by molar-refractivity contribution is 7.86. The summed E-state index contributed by atoms with van der Waals surface area (Å²) in [6.45, 7) is 1.60. The molecule has 0 radical (unpaired) electrons. The fourth-order valence-corrected chi connectivity index (χ4v) is 2.85. The van der Waals surface area contributed by atoms with Gasteiger partial charge in [0.2, 0.25) is 0 Å². The third-order valence-corrected chi connectivity index (χ3v) is 4.52. The Kier molecular flexibility index (Phi) is 5.11. The SMILES string of the molecule is Cc1ccc(S(=O)(=O)OCCc2cccc(C(F)(F)F)c2)cc1. The molecule has 0 bridgehead atoms. The minimum Gasteiger partial charge on any atom is -0.266 e. The number of hydrogen-bond donors (Lipinski definition) is 0. The first kappa shape index (κ1) is 17.5. The molecular weight excluding hydrogens is 329 g/mol. The van der Waals surface area contributed by atoms with Crippen molar-refractivity contribution in [2.24, 2.45) is 0 Å². The van der Waals surface area contributed by atoms with Crippen LogP contribution in [0.1, 0.15) is 16.7 Å². The van der Waals surface area contributed by atoms with Crippen LogP contribution in [0.5, 0.6) is 0 Å². The van der Waals surface area contributed by atoms with Crippen LogP contribution in [0.4, 0.5) is 13.2 Å².